The molecule has 1 rings (SSSR count). The van der Waals surface area contributed by atoms with Gasteiger partial charge in [0.1, 0.15) is 0 Å². The van der Waals surface area contributed by atoms with Crippen LogP contribution in [-0.2, 0) is 6.54 Å². The Bertz CT molecular complexity index is 524. The summed E-state index contributed by atoms with van der Waals surface area (Å²) in [6.07, 6.45) is -2.98. The van der Waals surface area contributed by atoms with E-state index < -0.39 is 12.8 Å². The van der Waals surface area contributed by atoms with E-state index in [1.54, 1.807) is 6.07 Å². The molecule has 23 heavy (non-hydrogen) atoms. The lowest BCUT2D eigenvalue weighted by molar-refractivity contribution is -0.154. The van der Waals surface area contributed by atoms with Gasteiger partial charge in [-0.15, -0.1) is 0 Å². The molecule has 0 saturated carbocycles. The molecule has 0 atom stereocenters. The van der Waals surface area contributed by atoms with Crippen molar-refractivity contribution in [2.24, 2.45) is 4.99 Å². The van der Waals surface area contributed by atoms with Gasteiger partial charge in [-0.05, 0) is 39.3 Å². The van der Waals surface area contributed by atoms with E-state index in [1.807, 2.05) is 27.7 Å². The summed E-state index contributed by atoms with van der Waals surface area (Å²) in [6, 6.07) is 3.14. The molecule has 130 valence electrons. The fourth-order valence-corrected chi connectivity index (χ4v) is 1.62. The van der Waals surface area contributed by atoms with Crippen molar-refractivity contribution in [1.82, 2.24) is 15.6 Å². The Balaban J connectivity index is 2.73. The Morgan fingerprint density at radius 2 is 2.00 bits per heavy atom. The minimum atomic E-state index is -4.38. The number of guanidine groups is 1. The van der Waals surface area contributed by atoms with Crippen molar-refractivity contribution >= 4 is 5.96 Å². The van der Waals surface area contributed by atoms with Crippen molar-refractivity contribution in [3.8, 4) is 5.88 Å². The van der Waals surface area contributed by atoms with Gasteiger partial charge in [0, 0.05) is 24.3 Å². The summed E-state index contributed by atoms with van der Waals surface area (Å²) in [5.74, 6) is 0.568. The summed E-state index contributed by atoms with van der Waals surface area (Å²) in [4.78, 5) is 8.17. The summed E-state index contributed by atoms with van der Waals surface area (Å²) in [5.41, 5.74) is 0.559. The molecular weight excluding hydrogens is 309 g/mol. The summed E-state index contributed by atoms with van der Waals surface area (Å²) in [7, 11) is 0. The second-order valence-corrected chi connectivity index (χ2v) is 5.98. The molecule has 0 saturated heterocycles. The summed E-state index contributed by atoms with van der Waals surface area (Å²) < 4.78 is 41.1. The predicted octanol–water partition coefficient (Wildman–Crippen LogP) is 2.88. The van der Waals surface area contributed by atoms with Crippen LogP contribution in [0.25, 0.3) is 0 Å². The fourth-order valence-electron chi connectivity index (χ4n) is 1.62. The molecule has 0 aromatic carbocycles. The smallest absolute Gasteiger partial charge is 0.422 e. The third-order valence-corrected chi connectivity index (χ3v) is 2.44. The molecule has 0 aliphatic rings. The summed E-state index contributed by atoms with van der Waals surface area (Å²) >= 11 is 0. The molecule has 0 unspecified atom stereocenters. The molecule has 0 radical (unpaired) electrons. The highest BCUT2D eigenvalue weighted by atomic mass is 19.4. The van der Waals surface area contributed by atoms with Gasteiger partial charge in [0.25, 0.3) is 0 Å². The average molecular weight is 332 g/mol. The van der Waals surface area contributed by atoms with E-state index in [0.29, 0.717) is 24.6 Å². The molecule has 0 aliphatic heterocycles. The van der Waals surface area contributed by atoms with E-state index in [4.69, 9.17) is 0 Å². The van der Waals surface area contributed by atoms with Crippen LogP contribution in [0.4, 0.5) is 13.2 Å². The first-order chi connectivity index (χ1) is 10.6. The quantitative estimate of drug-likeness (QED) is 0.643. The minimum absolute atomic E-state index is 0.0659. The number of hydrogen-bond donors (Lipinski definition) is 2. The Morgan fingerprint density at radius 1 is 1.30 bits per heavy atom. The molecule has 0 aliphatic carbocycles. The number of nitrogens with one attached hydrogen (secondary N) is 2. The van der Waals surface area contributed by atoms with Crippen LogP contribution in [0.1, 0.15) is 33.3 Å². The molecule has 0 amide bonds. The Labute approximate surface area is 134 Å². The molecule has 0 bridgehead atoms. The molecule has 1 aromatic rings. The van der Waals surface area contributed by atoms with Crippen molar-refractivity contribution in [2.45, 2.75) is 46.0 Å². The first-order valence-electron chi connectivity index (χ1n) is 7.30. The highest BCUT2D eigenvalue weighted by Crippen LogP contribution is 2.17. The normalized spacial score (nSPS) is 12.9. The SMILES string of the molecule is CCNC(=NCc1ccnc(OCC(F)(F)F)c1)NC(C)(C)C. The fraction of sp³-hybridized carbons (Fsp3) is 0.600. The van der Waals surface area contributed by atoms with Gasteiger partial charge < -0.3 is 15.4 Å². The summed E-state index contributed by atoms with van der Waals surface area (Å²) in [5, 5.41) is 6.34. The number of alkyl halides is 3. The van der Waals surface area contributed by atoms with Crippen LogP contribution in [0.3, 0.4) is 0 Å². The third-order valence-electron chi connectivity index (χ3n) is 2.44. The average Bonchev–Trinajstić information content (AvgIpc) is 2.41. The lowest BCUT2D eigenvalue weighted by Gasteiger charge is -2.23. The van der Waals surface area contributed by atoms with E-state index in [2.05, 4.69) is 25.3 Å². The zero-order valence-electron chi connectivity index (χ0n) is 13.8. The lowest BCUT2D eigenvalue weighted by Crippen LogP contribution is -2.47. The lowest BCUT2D eigenvalue weighted by atomic mass is 10.1. The Morgan fingerprint density at radius 3 is 2.57 bits per heavy atom. The van der Waals surface area contributed by atoms with Crippen molar-refractivity contribution in [3.63, 3.8) is 0 Å². The van der Waals surface area contributed by atoms with E-state index in [0.717, 1.165) is 0 Å². The summed E-state index contributed by atoms with van der Waals surface area (Å²) in [6.45, 7) is 7.63. The maximum atomic E-state index is 12.1. The number of aliphatic imine (C=N–C) groups is 1. The highest BCUT2D eigenvalue weighted by molar-refractivity contribution is 5.80. The van der Waals surface area contributed by atoms with E-state index >= 15 is 0 Å². The van der Waals surface area contributed by atoms with Gasteiger partial charge >= 0.3 is 6.18 Å². The van der Waals surface area contributed by atoms with Crippen LogP contribution in [0, 0.1) is 0 Å². The maximum Gasteiger partial charge on any atom is 0.422 e. The number of hydrogen-bond acceptors (Lipinski definition) is 3. The molecule has 2 N–H and O–H groups in total. The van der Waals surface area contributed by atoms with Gasteiger partial charge in [-0.25, -0.2) is 9.98 Å². The zero-order valence-corrected chi connectivity index (χ0v) is 13.8. The van der Waals surface area contributed by atoms with Crippen molar-refractivity contribution < 1.29 is 17.9 Å². The molecule has 0 spiro atoms. The number of halogens is 3. The van der Waals surface area contributed by atoms with Gasteiger partial charge in [0.15, 0.2) is 12.6 Å². The van der Waals surface area contributed by atoms with Crippen LogP contribution in [0.2, 0.25) is 0 Å². The first-order valence-corrected chi connectivity index (χ1v) is 7.30. The maximum absolute atomic E-state index is 12.1. The minimum Gasteiger partial charge on any atom is -0.468 e. The molecule has 1 aromatic heterocycles. The Hall–Kier alpha value is -1.99. The van der Waals surface area contributed by atoms with Gasteiger partial charge in [-0.2, -0.15) is 13.2 Å². The number of rotatable bonds is 5. The number of aromatic nitrogens is 1. The number of ether oxygens (including phenoxy) is 1. The molecule has 1 heterocycles. The van der Waals surface area contributed by atoms with Crippen molar-refractivity contribution in [3.05, 3.63) is 23.9 Å². The third kappa shape index (κ3) is 8.90. The molecule has 8 heteroatoms. The number of nitrogens with zero attached hydrogens (tertiary/aromatic N) is 2. The van der Waals surface area contributed by atoms with E-state index in [1.165, 1.54) is 12.3 Å². The van der Waals surface area contributed by atoms with Gasteiger partial charge in [-0.3, -0.25) is 0 Å². The van der Waals surface area contributed by atoms with Gasteiger partial charge in [-0.1, -0.05) is 0 Å². The van der Waals surface area contributed by atoms with Crippen molar-refractivity contribution in [1.29, 1.82) is 0 Å². The number of pyridine rings is 1. The second kappa shape index (κ2) is 8.03. The van der Waals surface area contributed by atoms with Crippen LogP contribution in [0.15, 0.2) is 23.3 Å². The monoisotopic (exact) mass is 332 g/mol. The molecular formula is C15H23F3N4O. The molecule has 0 fully saturated rings. The zero-order chi connectivity index (χ0) is 17.5. The molecule has 5 nitrogen and oxygen atoms in total. The standard InChI is InChI=1S/C15H23F3N4O/c1-5-19-13(22-14(2,3)4)21-9-11-6-7-20-12(8-11)23-10-15(16,17)18/h6-8H,5,9-10H2,1-4H3,(H2,19,21,22). The van der Waals surface area contributed by atoms with Crippen LogP contribution in [0.5, 0.6) is 5.88 Å². The Kier molecular flexibility index (Phi) is 6.65. The van der Waals surface area contributed by atoms with Crippen LogP contribution in [-0.4, -0.2) is 35.8 Å². The van der Waals surface area contributed by atoms with Gasteiger partial charge in [0.05, 0.1) is 6.54 Å². The van der Waals surface area contributed by atoms with Crippen LogP contribution < -0.4 is 15.4 Å². The van der Waals surface area contributed by atoms with E-state index in [-0.39, 0.29) is 11.4 Å². The largest absolute Gasteiger partial charge is 0.468 e. The van der Waals surface area contributed by atoms with Crippen LogP contribution >= 0.6 is 0 Å². The topological polar surface area (TPSA) is 58.5 Å². The van der Waals surface area contributed by atoms with Gasteiger partial charge in [0.2, 0.25) is 5.88 Å². The first kappa shape index (κ1) is 19.1. The highest BCUT2D eigenvalue weighted by Gasteiger charge is 2.28. The second-order valence-electron chi connectivity index (χ2n) is 5.98. The van der Waals surface area contributed by atoms with Crippen molar-refractivity contribution in [2.75, 3.05) is 13.2 Å². The van der Waals surface area contributed by atoms with E-state index in [9.17, 15) is 13.2 Å². The predicted molar refractivity (Wildman–Crippen MR) is 83.5 cm³/mol.